The van der Waals surface area contributed by atoms with E-state index in [2.05, 4.69) is 5.16 Å². The van der Waals surface area contributed by atoms with Crippen molar-refractivity contribution < 1.29 is 22.8 Å². The van der Waals surface area contributed by atoms with Crippen LogP contribution in [0.1, 0.15) is 16.1 Å². The molecule has 4 nitrogen and oxygen atoms in total. The zero-order valence-corrected chi connectivity index (χ0v) is 11.9. The predicted molar refractivity (Wildman–Crippen MR) is 75.3 cm³/mol. The van der Waals surface area contributed by atoms with Gasteiger partial charge in [0, 0.05) is 12.1 Å². The van der Waals surface area contributed by atoms with E-state index in [-0.39, 0.29) is 12.2 Å². The van der Waals surface area contributed by atoms with E-state index < -0.39 is 17.6 Å². The Morgan fingerprint density at radius 3 is 2.86 bits per heavy atom. The normalized spacial score (nSPS) is 10.6. The first-order chi connectivity index (χ1) is 10.6. The fraction of sp³-hybridized carbons (Fsp3) is 0.0667. The van der Waals surface area contributed by atoms with Gasteiger partial charge in [-0.3, -0.25) is 0 Å². The molecule has 0 atom stereocenters. The van der Waals surface area contributed by atoms with Gasteiger partial charge < -0.3 is 9.26 Å². The van der Waals surface area contributed by atoms with Crippen molar-refractivity contribution in [3.63, 3.8) is 0 Å². The maximum atomic E-state index is 13.4. The molecule has 0 N–H and O–H groups in total. The van der Waals surface area contributed by atoms with Gasteiger partial charge in [0.05, 0.1) is 10.4 Å². The molecule has 22 heavy (non-hydrogen) atoms. The molecule has 0 radical (unpaired) electrons. The van der Waals surface area contributed by atoms with Gasteiger partial charge in [0.15, 0.2) is 5.76 Å². The standard InChI is InChI=1S/C15H9F2NO3S/c16-9-3-4-11(12(17)6-9)15(19)20-8-10-7-13(21-18-10)14-2-1-5-22-14/h1-7H,8H2. The molecule has 0 bridgehead atoms. The molecule has 0 aliphatic carbocycles. The molecule has 2 aromatic heterocycles. The Kier molecular flexibility index (Phi) is 3.97. The lowest BCUT2D eigenvalue weighted by atomic mass is 10.2. The molecule has 0 saturated heterocycles. The summed E-state index contributed by atoms with van der Waals surface area (Å²) in [5.74, 6) is -2.05. The van der Waals surface area contributed by atoms with Crippen molar-refractivity contribution in [2.24, 2.45) is 0 Å². The smallest absolute Gasteiger partial charge is 0.341 e. The van der Waals surface area contributed by atoms with Crippen LogP contribution in [0.15, 0.2) is 46.3 Å². The van der Waals surface area contributed by atoms with Crippen LogP contribution in [0.2, 0.25) is 0 Å². The number of esters is 1. The Bertz CT molecular complexity index is 799. The second-order valence-electron chi connectivity index (χ2n) is 4.36. The van der Waals surface area contributed by atoms with Crippen LogP contribution in [0.25, 0.3) is 10.6 Å². The summed E-state index contributed by atoms with van der Waals surface area (Å²) >= 11 is 1.49. The molecule has 0 unspecified atom stereocenters. The van der Waals surface area contributed by atoms with E-state index >= 15 is 0 Å². The summed E-state index contributed by atoms with van der Waals surface area (Å²) < 4.78 is 36.3. The van der Waals surface area contributed by atoms with Crippen LogP contribution in [0.3, 0.4) is 0 Å². The minimum absolute atomic E-state index is 0.162. The van der Waals surface area contributed by atoms with Gasteiger partial charge >= 0.3 is 5.97 Å². The maximum absolute atomic E-state index is 13.4. The number of hydrogen-bond donors (Lipinski definition) is 0. The molecule has 112 valence electrons. The van der Waals surface area contributed by atoms with Crippen molar-refractivity contribution in [2.75, 3.05) is 0 Å². The number of carbonyl (C=O) groups is 1. The summed E-state index contributed by atoms with van der Waals surface area (Å²) in [7, 11) is 0. The number of rotatable bonds is 4. The lowest BCUT2D eigenvalue weighted by molar-refractivity contribution is 0.0459. The number of ether oxygens (including phenoxy) is 1. The largest absolute Gasteiger partial charge is 0.455 e. The Morgan fingerprint density at radius 1 is 1.27 bits per heavy atom. The molecule has 0 saturated carbocycles. The zero-order valence-electron chi connectivity index (χ0n) is 11.1. The number of aromatic nitrogens is 1. The summed E-state index contributed by atoms with van der Waals surface area (Å²) in [4.78, 5) is 12.6. The highest BCUT2D eigenvalue weighted by atomic mass is 32.1. The van der Waals surface area contributed by atoms with E-state index in [1.165, 1.54) is 11.3 Å². The summed E-state index contributed by atoms with van der Waals surface area (Å²) in [6, 6.07) is 8.04. The molecule has 7 heteroatoms. The Morgan fingerprint density at radius 2 is 2.14 bits per heavy atom. The van der Waals surface area contributed by atoms with E-state index in [9.17, 15) is 13.6 Å². The van der Waals surface area contributed by atoms with E-state index in [1.54, 1.807) is 6.07 Å². The lowest BCUT2D eigenvalue weighted by Crippen LogP contribution is -2.08. The second kappa shape index (κ2) is 6.07. The number of thiophene rings is 1. The van der Waals surface area contributed by atoms with Gasteiger partial charge in [-0.25, -0.2) is 13.6 Å². The minimum atomic E-state index is -0.968. The van der Waals surface area contributed by atoms with E-state index in [0.29, 0.717) is 17.5 Å². The first-order valence-corrected chi connectivity index (χ1v) is 7.13. The summed E-state index contributed by atoms with van der Waals surface area (Å²) in [5.41, 5.74) is 0.0719. The predicted octanol–water partition coefficient (Wildman–Crippen LogP) is 4.04. The van der Waals surface area contributed by atoms with Crippen molar-refractivity contribution in [1.82, 2.24) is 5.16 Å². The van der Waals surface area contributed by atoms with Gasteiger partial charge in [-0.1, -0.05) is 11.2 Å². The fourth-order valence-electron chi connectivity index (χ4n) is 1.79. The maximum Gasteiger partial charge on any atom is 0.341 e. The van der Waals surface area contributed by atoms with E-state index in [4.69, 9.17) is 9.26 Å². The van der Waals surface area contributed by atoms with Gasteiger partial charge in [-0.2, -0.15) is 0 Å². The van der Waals surface area contributed by atoms with Gasteiger partial charge in [0.1, 0.15) is 23.9 Å². The lowest BCUT2D eigenvalue weighted by Gasteiger charge is -2.03. The van der Waals surface area contributed by atoms with Crippen molar-refractivity contribution in [2.45, 2.75) is 6.61 Å². The molecule has 0 aliphatic heterocycles. The van der Waals surface area contributed by atoms with Crippen molar-refractivity contribution in [1.29, 1.82) is 0 Å². The number of hydrogen-bond acceptors (Lipinski definition) is 5. The van der Waals surface area contributed by atoms with Gasteiger partial charge in [0.25, 0.3) is 0 Å². The summed E-state index contributed by atoms with van der Waals surface area (Å²) in [6.45, 7) is -0.162. The molecular weight excluding hydrogens is 312 g/mol. The molecule has 0 spiro atoms. The molecule has 0 fully saturated rings. The van der Waals surface area contributed by atoms with Crippen LogP contribution in [0.5, 0.6) is 0 Å². The van der Waals surface area contributed by atoms with Crippen LogP contribution in [0, 0.1) is 11.6 Å². The van der Waals surface area contributed by atoms with Crippen LogP contribution in [0.4, 0.5) is 8.78 Å². The fourth-order valence-corrected chi connectivity index (χ4v) is 2.46. The Balaban J connectivity index is 1.66. The number of carbonyl (C=O) groups excluding carboxylic acids is 1. The molecule has 0 amide bonds. The van der Waals surface area contributed by atoms with Gasteiger partial charge in [0.2, 0.25) is 0 Å². The average Bonchev–Trinajstić information content (AvgIpc) is 3.16. The van der Waals surface area contributed by atoms with Crippen molar-refractivity contribution >= 4 is 17.3 Å². The number of nitrogens with zero attached hydrogens (tertiary/aromatic N) is 1. The highest BCUT2D eigenvalue weighted by molar-refractivity contribution is 7.13. The zero-order chi connectivity index (χ0) is 15.5. The van der Waals surface area contributed by atoms with Crippen molar-refractivity contribution in [3.05, 3.63) is 64.7 Å². The van der Waals surface area contributed by atoms with Crippen LogP contribution in [-0.4, -0.2) is 11.1 Å². The quantitative estimate of drug-likeness (QED) is 0.681. The van der Waals surface area contributed by atoms with Gasteiger partial charge in [-0.15, -0.1) is 11.3 Å². The third-order valence-electron chi connectivity index (χ3n) is 2.83. The molecule has 0 aliphatic rings. The van der Waals surface area contributed by atoms with Crippen LogP contribution >= 0.6 is 11.3 Å². The number of benzene rings is 1. The SMILES string of the molecule is O=C(OCc1cc(-c2cccs2)on1)c1ccc(F)cc1F. The second-order valence-corrected chi connectivity index (χ2v) is 5.31. The molecule has 3 aromatic rings. The first-order valence-electron chi connectivity index (χ1n) is 6.25. The topological polar surface area (TPSA) is 52.3 Å². The molecule has 2 heterocycles. The highest BCUT2D eigenvalue weighted by Crippen LogP contribution is 2.25. The van der Waals surface area contributed by atoms with Crippen LogP contribution < -0.4 is 0 Å². The highest BCUT2D eigenvalue weighted by Gasteiger charge is 2.15. The third-order valence-corrected chi connectivity index (χ3v) is 3.71. The van der Waals surface area contributed by atoms with E-state index in [1.807, 2.05) is 17.5 Å². The number of halogens is 2. The monoisotopic (exact) mass is 321 g/mol. The minimum Gasteiger partial charge on any atom is -0.455 e. The first kappa shape index (κ1) is 14.4. The summed E-state index contributed by atoms with van der Waals surface area (Å²) in [5, 5.41) is 5.67. The average molecular weight is 321 g/mol. The molecule has 3 rings (SSSR count). The van der Waals surface area contributed by atoms with Crippen molar-refractivity contribution in [3.8, 4) is 10.6 Å². The van der Waals surface area contributed by atoms with E-state index in [0.717, 1.165) is 17.0 Å². The Labute approximate surface area is 127 Å². The molecule has 1 aromatic carbocycles. The summed E-state index contributed by atoms with van der Waals surface area (Å²) in [6.07, 6.45) is 0. The Hall–Kier alpha value is -2.54. The van der Waals surface area contributed by atoms with Crippen LogP contribution in [-0.2, 0) is 11.3 Å². The molecular formula is C15H9F2NO3S. The van der Waals surface area contributed by atoms with Gasteiger partial charge in [-0.05, 0) is 23.6 Å². The third kappa shape index (κ3) is 3.04.